The van der Waals surface area contributed by atoms with Crippen molar-refractivity contribution in [2.45, 2.75) is 19.1 Å². The summed E-state index contributed by atoms with van der Waals surface area (Å²) in [4.78, 5) is 10.5. The molecule has 0 bridgehead atoms. The van der Waals surface area contributed by atoms with Gasteiger partial charge in [-0.1, -0.05) is 0 Å². The zero-order valence-electron chi connectivity index (χ0n) is 11.2. The van der Waals surface area contributed by atoms with Crippen LogP contribution in [0.25, 0.3) is 0 Å². The van der Waals surface area contributed by atoms with Gasteiger partial charge in [-0.05, 0) is 25.1 Å². The smallest absolute Gasteiger partial charge is 0.317 e. The Hall–Kier alpha value is -1.79. The summed E-state index contributed by atoms with van der Waals surface area (Å²) in [5.74, 6) is 0.147. The first-order valence-electron chi connectivity index (χ1n) is 5.84. The summed E-state index contributed by atoms with van der Waals surface area (Å²) in [7, 11) is 3.04. The average molecular weight is 269 g/mol. The van der Waals surface area contributed by atoms with E-state index in [0.29, 0.717) is 17.1 Å². The summed E-state index contributed by atoms with van der Waals surface area (Å²) in [6.45, 7) is 1.48. The molecular formula is C13H19NO5. The van der Waals surface area contributed by atoms with E-state index in [2.05, 4.69) is 5.32 Å². The summed E-state index contributed by atoms with van der Waals surface area (Å²) >= 11 is 0. The number of carboxylic acids is 1. The predicted octanol–water partition coefficient (Wildman–Crippen LogP) is 0.800. The quantitative estimate of drug-likeness (QED) is 0.678. The molecular weight excluding hydrogens is 250 g/mol. The van der Waals surface area contributed by atoms with Crippen molar-refractivity contribution in [1.29, 1.82) is 0 Å². The second-order valence-electron chi connectivity index (χ2n) is 4.12. The maximum Gasteiger partial charge on any atom is 0.317 e. The van der Waals surface area contributed by atoms with Crippen LogP contribution in [0.1, 0.15) is 18.6 Å². The van der Waals surface area contributed by atoms with Gasteiger partial charge in [-0.3, -0.25) is 4.79 Å². The molecule has 0 aliphatic rings. The van der Waals surface area contributed by atoms with Crippen LogP contribution in [-0.2, 0) is 4.79 Å². The van der Waals surface area contributed by atoms with Crippen molar-refractivity contribution in [2.75, 3.05) is 20.8 Å². The van der Waals surface area contributed by atoms with Crippen molar-refractivity contribution in [3.63, 3.8) is 0 Å². The van der Waals surface area contributed by atoms with Crippen LogP contribution >= 0.6 is 0 Å². The summed E-state index contributed by atoms with van der Waals surface area (Å²) < 4.78 is 10.3. The number of aliphatic carboxylic acids is 1. The molecule has 3 N–H and O–H groups in total. The molecule has 106 valence electrons. The molecule has 0 aliphatic carbocycles. The lowest BCUT2D eigenvalue weighted by atomic mass is 10.0. The molecule has 1 aromatic carbocycles. The number of aliphatic hydroxyl groups excluding tert-OH is 1. The molecule has 1 rings (SSSR count). The molecule has 1 aromatic rings. The maximum atomic E-state index is 10.5. The highest BCUT2D eigenvalue weighted by atomic mass is 16.5. The number of hydrogen-bond donors (Lipinski definition) is 3. The van der Waals surface area contributed by atoms with Gasteiger partial charge < -0.3 is 25.0 Å². The Kier molecular flexibility index (Phi) is 5.59. The minimum absolute atomic E-state index is 0.218. The molecule has 0 heterocycles. The fourth-order valence-electron chi connectivity index (χ4n) is 1.70. The lowest BCUT2D eigenvalue weighted by Crippen LogP contribution is -2.36. The SMILES string of the molecule is COc1ccc(OC)c(C(O)C(C)NCC(=O)O)c1. The molecule has 0 saturated heterocycles. The zero-order chi connectivity index (χ0) is 14.4. The van der Waals surface area contributed by atoms with Crippen LogP contribution in [0, 0.1) is 0 Å². The number of methoxy groups -OCH3 is 2. The highest BCUT2D eigenvalue weighted by Gasteiger charge is 2.21. The molecule has 6 heteroatoms. The molecule has 6 nitrogen and oxygen atoms in total. The monoisotopic (exact) mass is 269 g/mol. The third-order valence-electron chi connectivity index (χ3n) is 2.80. The van der Waals surface area contributed by atoms with Crippen LogP contribution < -0.4 is 14.8 Å². The van der Waals surface area contributed by atoms with E-state index in [-0.39, 0.29) is 6.54 Å². The number of rotatable bonds is 7. The van der Waals surface area contributed by atoms with Gasteiger partial charge in [0.2, 0.25) is 0 Å². The Labute approximate surface area is 112 Å². The molecule has 0 amide bonds. The number of ether oxygens (including phenoxy) is 2. The highest BCUT2D eigenvalue weighted by Crippen LogP contribution is 2.30. The first-order valence-corrected chi connectivity index (χ1v) is 5.84. The van der Waals surface area contributed by atoms with E-state index in [1.54, 1.807) is 25.1 Å². The van der Waals surface area contributed by atoms with Gasteiger partial charge in [0, 0.05) is 11.6 Å². The number of hydrogen-bond acceptors (Lipinski definition) is 5. The van der Waals surface area contributed by atoms with Crippen LogP contribution in [0.4, 0.5) is 0 Å². The normalized spacial score (nSPS) is 13.7. The Morgan fingerprint density at radius 2 is 2.05 bits per heavy atom. The maximum absolute atomic E-state index is 10.5. The summed E-state index contributed by atoms with van der Waals surface area (Å²) in [6, 6.07) is 4.66. The number of nitrogens with one attached hydrogen (secondary N) is 1. The van der Waals surface area contributed by atoms with Crippen molar-refractivity contribution in [2.24, 2.45) is 0 Å². The fourth-order valence-corrected chi connectivity index (χ4v) is 1.70. The summed E-state index contributed by atoms with van der Waals surface area (Å²) in [5.41, 5.74) is 0.548. The first-order chi connectivity index (χ1) is 8.99. The van der Waals surface area contributed by atoms with Crippen LogP contribution in [0.2, 0.25) is 0 Å². The molecule has 0 saturated carbocycles. The number of carbonyl (C=O) groups is 1. The molecule has 2 atom stereocenters. The van der Waals surface area contributed by atoms with Gasteiger partial charge in [-0.2, -0.15) is 0 Å². The van der Waals surface area contributed by atoms with Crippen molar-refractivity contribution < 1.29 is 24.5 Å². The lowest BCUT2D eigenvalue weighted by molar-refractivity contribution is -0.136. The Morgan fingerprint density at radius 1 is 1.37 bits per heavy atom. The second kappa shape index (κ2) is 6.96. The number of carboxylic acid groups (broad SMARTS) is 1. The van der Waals surface area contributed by atoms with Crippen molar-refractivity contribution in [3.8, 4) is 11.5 Å². The standard InChI is InChI=1S/C13H19NO5/c1-8(14-7-12(15)16)13(17)10-6-9(18-2)4-5-11(10)19-3/h4-6,8,13-14,17H,7H2,1-3H3,(H,15,16). The number of benzene rings is 1. The zero-order valence-corrected chi connectivity index (χ0v) is 11.2. The van der Waals surface area contributed by atoms with E-state index < -0.39 is 18.1 Å². The molecule has 0 aliphatic heterocycles. The van der Waals surface area contributed by atoms with E-state index >= 15 is 0 Å². The molecule has 0 spiro atoms. The first kappa shape index (κ1) is 15.3. The third-order valence-corrected chi connectivity index (χ3v) is 2.80. The van der Waals surface area contributed by atoms with Crippen LogP contribution in [0.3, 0.4) is 0 Å². The molecule has 0 radical (unpaired) electrons. The van der Waals surface area contributed by atoms with E-state index in [0.717, 1.165) is 0 Å². The number of aliphatic hydroxyl groups is 1. The predicted molar refractivity (Wildman–Crippen MR) is 69.6 cm³/mol. The van der Waals surface area contributed by atoms with Crippen LogP contribution in [-0.4, -0.2) is 43.0 Å². The fraction of sp³-hybridized carbons (Fsp3) is 0.462. The van der Waals surface area contributed by atoms with Gasteiger partial charge in [-0.15, -0.1) is 0 Å². The summed E-state index contributed by atoms with van der Waals surface area (Å²) in [6.07, 6.45) is -0.899. The van der Waals surface area contributed by atoms with Crippen molar-refractivity contribution >= 4 is 5.97 Å². The largest absolute Gasteiger partial charge is 0.497 e. The van der Waals surface area contributed by atoms with Crippen molar-refractivity contribution in [3.05, 3.63) is 23.8 Å². The minimum Gasteiger partial charge on any atom is -0.497 e. The van der Waals surface area contributed by atoms with E-state index in [4.69, 9.17) is 14.6 Å². The third kappa shape index (κ3) is 4.11. The van der Waals surface area contributed by atoms with E-state index in [9.17, 15) is 9.90 Å². The Balaban J connectivity index is 2.89. The van der Waals surface area contributed by atoms with Crippen LogP contribution in [0.5, 0.6) is 11.5 Å². The van der Waals surface area contributed by atoms with Crippen molar-refractivity contribution in [1.82, 2.24) is 5.32 Å². The minimum atomic E-state index is -0.975. The molecule has 0 fully saturated rings. The van der Waals surface area contributed by atoms with Gasteiger partial charge in [-0.25, -0.2) is 0 Å². The average Bonchev–Trinajstić information content (AvgIpc) is 2.42. The Morgan fingerprint density at radius 3 is 2.58 bits per heavy atom. The van der Waals surface area contributed by atoms with Gasteiger partial charge in [0.05, 0.1) is 26.9 Å². The van der Waals surface area contributed by atoms with Gasteiger partial charge in [0.15, 0.2) is 0 Å². The van der Waals surface area contributed by atoms with E-state index in [1.165, 1.54) is 14.2 Å². The molecule has 19 heavy (non-hydrogen) atoms. The highest BCUT2D eigenvalue weighted by molar-refractivity contribution is 5.69. The second-order valence-corrected chi connectivity index (χ2v) is 4.12. The topological polar surface area (TPSA) is 88.0 Å². The lowest BCUT2D eigenvalue weighted by Gasteiger charge is -2.22. The van der Waals surface area contributed by atoms with Crippen LogP contribution in [0.15, 0.2) is 18.2 Å². The van der Waals surface area contributed by atoms with Gasteiger partial charge >= 0.3 is 5.97 Å². The van der Waals surface area contributed by atoms with Gasteiger partial charge in [0.25, 0.3) is 0 Å². The summed E-state index contributed by atoms with van der Waals surface area (Å²) in [5, 5.41) is 21.6. The Bertz CT molecular complexity index is 435. The van der Waals surface area contributed by atoms with E-state index in [1.807, 2.05) is 0 Å². The molecule has 2 unspecified atom stereocenters. The van der Waals surface area contributed by atoms with Gasteiger partial charge in [0.1, 0.15) is 11.5 Å². The molecule has 0 aromatic heterocycles.